The van der Waals surface area contributed by atoms with Gasteiger partial charge in [-0.1, -0.05) is 20.8 Å². The molecule has 21 heavy (non-hydrogen) atoms. The molecule has 0 aliphatic heterocycles. The van der Waals surface area contributed by atoms with Crippen molar-refractivity contribution < 1.29 is 14.7 Å². The fourth-order valence-corrected chi connectivity index (χ4v) is 2.92. The van der Waals surface area contributed by atoms with E-state index in [1.807, 2.05) is 6.92 Å². The number of carboxylic acid groups (broad SMARTS) is 1. The second-order valence-electron chi connectivity index (χ2n) is 6.28. The molecule has 0 aliphatic carbocycles. The van der Waals surface area contributed by atoms with Gasteiger partial charge in [0.05, 0.1) is 11.2 Å². The van der Waals surface area contributed by atoms with Gasteiger partial charge in [0.2, 0.25) is 0 Å². The van der Waals surface area contributed by atoms with Crippen molar-refractivity contribution in [3.63, 3.8) is 0 Å². The number of carboxylic acids is 1. The van der Waals surface area contributed by atoms with Crippen LogP contribution in [-0.4, -0.2) is 28.5 Å². The third kappa shape index (κ3) is 6.25. The van der Waals surface area contributed by atoms with Gasteiger partial charge in [-0.25, -0.2) is 4.98 Å². The monoisotopic (exact) mass is 312 g/mol. The Labute approximate surface area is 129 Å². The Bertz CT molecular complexity index is 491. The molecule has 5 nitrogen and oxygen atoms in total. The summed E-state index contributed by atoms with van der Waals surface area (Å²) >= 11 is 1.37. The first-order chi connectivity index (χ1) is 9.70. The SMILES string of the molecule is Cc1ncc(C(=O)NCCC(CCC(=O)O)C(C)(C)C)s1. The highest BCUT2D eigenvalue weighted by Gasteiger charge is 2.25. The van der Waals surface area contributed by atoms with Gasteiger partial charge in [-0.3, -0.25) is 9.59 Å². The Morgan fingerprint density at radius 3 is 2.52 bits per heavy atom. The minimum Gasteiger partial charge on any atom is -0.481 e. The third-order valence-electron chi connectivity index (χ3n) is 3.55. The van der Waals surface area contributed by atoms with Crippen LogP contribution in [0, 0.1) is 18.3 Å². The molecule has 0 saturated carbocycles. The normalized spacial score (nSPS) is 13.0. The molecular formula is C15H24N2O3S. The zero-order valence-electron chi connectivity index (χ0n) is 13.1. The fourth-order valence-electron chi connectivity index (χ4n) is 2.22. The van der Waals surface area contributed by atoms with Gasteiger partial charge < -0.3 is 10.4 Å². The minimum absolute atomic E-state index is 0.0290. The van der Waals surface area contributed by atoms with Crippen LogP contribution < -0.4 is 5.32 Å². The summed E-state index contributed by atoms with van der Waals surface area (Å²) in [5, 5.41) is 12.6. The number of carbonyl (C=O) groups excluding carboxylic acids is 1. The molecule has 0 saturated heterocycles. The molecule has 1 aromatic rings. The molecule has 0 fully saturated rings. The number of aromatic nitrogens is 1. The van der Waals surface area contributed by atoms with E-state index in [1.165, 1.54) is 11.3 Å². The highest BCUT2D eigenvalue weighted by molar-refractivity contribution is 7.13. The van der Waals surface area contributed by atoms with Gasteiger partial charge in [0.25, 0.3) is 5.91 Å². The molecule has 1 rings (SSSR count). The summed E-state index contributed by atoms with van der Waals surface area (Å²) in [6, 6.07) is 0. The quantitative estimate of drug-likeness (QED) is 0.811. The highest BCUT2D eigenvalue weighted by Crippen LogP contribution is 2.32. The number of hydrogen-bond acceptors (Lipinski definition) is 4. The topological polar surface area (TPSA) is 79.3 Å². The maximum Gasteiger partial charge on any atom is 0.303 e. The van der Waals surface area contributed by atoms with Crippen molar-refractivity contribution in [2.24, 2.45) is 11.3 Å². The second kappa shape index (κ2) is 7.54. The number of aryl methyl sites for hydroxylation is 1. The third-order valence-corrected chi connectivity index (χ3v) is 4.47. The first-order valence-corrected chi connectivity index (χ1v) is 7.94. The summed E-state index contributed by atoms with van der Waals surface area (Å²) in [6.45, 7) is 8.73. The largest absolute Gasteiger partial charge is 0.481 e. The van der Waals surface area contributed by atoms with Crippen LogP contribution >= 0.6 is 11.3 Å². The number of rotatable bonds is 7. The van der Waals surface area contributed by atoms with Crippen LogP contribution in [0.2, 0.25) is 0 Å². The molecule has 0 spiro atoms. The molecule has 1 heterocycles. The van der Waals surface area contributed by atoms with Crippen LogP contribution in [0.15, 0.2) is 6.20 Å². The molecule has 0 radical (unpaired) electrons. The summed E-state index contributed by atoms with van der Waals surface area (Å²) in [5.41, 5.74) is 0.0290. The molecule has 1 unspecified atom stereocenters. The maximum atomic E-state index is 11.9. The van der Waals surface area contributed by atoms with E-state index in [2.05, 4.69) is 31.1 Å². The molecule has 1 aromatic heterocycles. The summed E-state index contributed by atoms with van der Waals surface area (Å²) < 4.78 is 0. The zero-order valence-corrected chi connectivity index (χ0v) is 13.9. The Balaban J connectivity index is 2.46. The van der Waals surface area contributed by atoms with Crippen molar-refractivity contribution in [1.29, 1.82) is 0 Å². The van der Waals surface area contributed by atoms with E-state index >= 15 is 0 Å². The summed E-state index contributed by atoms with van der Waals surface area (Å²) in [4.78, 5) is 27.3. The Morgan fingerprint density at radius 1 is 1.38 bits per heavy atom. The maximum absolute atomic E-state index is 11.9. The predicted octanol–water partition coefficient (Wildman–Crippen LogP) is 3.10. The average molecular weight is 312 g/mol. The smallest absolute Gasteiger partial charge is 0.303 e. The van der Waals surface area contributed by atoms with Crippen molar-refractivity contribution in [2.45, 2.75) is 47.0 Å². The van der Waals surface area contributed by atoms with Gasteiger partial charge in [-0.05, 0) is 31.1 Å². The molecule has 0 aromatic carbocycles. The molecule has 6 heteroatoms. The van der Waals surface area contributed by atoms with Crippen LogP contribution in [0.3, 0.4) is 0 Å². The van der Waals surface area contributed by atoms with E-state index in [0.29, 0.717) is 17.8 Å². The Morgan fingerprint density at radius 2 is 2.05 bits per heavy atom. The van der Waals surface area contributed by atoms with Gasteiger partial charge in [0.15, 0.2) is 0 Å². The summed E-state index contributed by atoms with van der Waals surface area (Å²) in [6.07, 6.45) is 3.17. The number of amides is 1. The lowest BCUT2D eigenvalue weighted by Gasteiger charge is -2.30. The van der Waals surface area contributed by atoms with E-state index in [9.17, 15) is 9.59 Å². The van der Waals surface area contributed by atoms with E-state index in [-0.39, 0.29) is 23.7 Å². The van der Waals surface area contributed by atoms with Crippen LogP contribution in [0.25, 0.3) is 0 Å². The van der Waals surface area contributed by atoms with E-state index < -0.39 is 5.97 Å². The van der Waals surface area contributed by atoms with Crippen LogP contribution in [-0.2, 0) is 4.79 Å². The predicted molar refractivity (Wildman–Crippen MR) is 83.6 cm³/mol. The van der Waals surface area contributed by atoms with Crippen molar-refractivity contribution in [3.05, 3.63) is 16.1 Å². The lowest BCUT2D eigenvalue weighted by molar-refractivity contribution is -0.137. The second-order valence-corrected chi connectivity index (χ2v) is 7.52. The lowest BCUT2D eigenvalue weighted by Crippen LogP contribution is -2.29. The molecule has 1 atom stereocenters. The van der Waals surface area contributed by atoms with E-state index in [4.69, 9.17) is 5.11 Å². The minimum atomic E-state index is -0.770. The number of nitrogens with one attached hydrogen (secondary N) is 1. The van der Waals surface area contributed by atoms with Crippen LogP contribution in [0.4, 0.5) is 0 Å². The van der Waals surface area contributed by atoms with Crippen LogP contribution in [0.1, 0.15) is 54.7 Å². The molecule has 1 amide bonds. The first-order valence-electron chi connectivity index (χ1n) is 7.12. The highest BCUT2D eigenvalue weighted by atomic mass is 32.1. The average Bonchev–Trinajstić information content (AvgIpc) is 2.78. The first kappa shape index (κ1) is 17.6. The number of carbonyl (C=O) groups is 2. The van der Waals surface area contributed by atoms with Gasteiger partial charge in [0.1, 0.15) is 4.88 Å². The summed E-state index contributed by atoms with van der Waals surface area (Å²) in [5.74, 6) is -0.614. The molecule has 0 aliphatic rings. The Kier molecular flexibility index (Phi) is 6.33. The van der Waals surface area contributed by atoms with Gasteiger partial charge in [0, 0.05) is 13.0 Å². The lowest BCUT2D eigenvalue weighted by atomic mass is 9.76. The number of aliphatic carboxylic acids is 1. The van der Waals surface area contributed by atoms with E-state index in [1.54, 1.807) is 6.20 Å². The van der Waals surface area contributed by atoms with Crippen molar-refractivity contribution in [1.82, 2.24) is 10.3 Å². The Hall–Kier alpha value is -1.43. The standard InChI is InChI=1S/C15H24N2O3S/c1-10-17-9-12(21-10)14(20)16-8-7-11(15(2,3)4)5-6-13(18)19/h9,11H,5-8H2,1-4H3,(H,16,20)(H,18,19). The summed E-state index contributed by atoms with van der Waals surface area (Å²) in [7, 11) is 0. The number of thiazole rings is 1. The van der Waals surface area contributed by atoms with Gasteiger partial charge in [-0.2, -0.15) is 0 Å². The van der Waals surface area contributed by atoms with Gasteiger partial charge >= 0.3 is 5.97 Å². The molecule has 0 bridgehead atoms. The number of hydrogen-bond donors (Lipinski definition) is 2. The molecular weight excluding hydrogens is 288 g/mol. The van der Waals surface area contributed by atoms with E-state index in [0.717, 1.165) is 11.4 Å². The zero-order chi connectivity index (χ0) is 16.0. The van der Waals surface area contributed by atoms with Gasteiger partial charge in [-0.15, -0.1) is 11.3 Å². The van der Waals surface area contributed by atoms with Crippen molar-refractivity contribution in [3.8, 4) is 0 Å². The molecule has 2 N–H and O–H groups in total. The number of nitrogens with zero attached hydrogens (tertiary/aromatic N) is 1. The van der Waals surface area contributed by atoms with Crippen molar-refractivity contribution >= 4 is 23.2 Å². The van der Waals surface area contributed by atoms with Crippen LogP contribution in [0.5, 0.6) is 0 Å². The molecule has 118 valence electrons. The van der Waals surface area contributed by atoms with Crippen molar-refractivity contribution in [2.75, 3.05) is 6.54 Å². The fraction of sp³-hybridized carbons (Fsp3) is 0.667.